The zero-order valence-corrected chi connectivity index (χ0v) is 8.41. The molecule has 1 aliphatic carbocycles. The summed E-state index contributed by atoms with van der Waals surface area (Å²) in [6.07, 6.45) is 5.66. The van der Waals surface area contributed by atoms with E-state index >= 15 is 0 Å². The molecule has 0 spiro atoms. The maximum atomic E-state index is 10.8. The predicted octanol–water partition coefficient (Wildman–Crippen LogP) is 2.74. The number of hydrogen-bond acceptors (Lipinski definition) is 3. The average molecular weight is 186 g/mol. The molecule has 0 N–H and O–H groups in total. The average Bonchev–Trinajstić information content (AvgIpc) is 2.19. The van der Waals surface area contributed by atoms with E-state index in [9.17, 15) is 4.79 Å². The first-order chi connectivity index (χ1) is 6.24. The van der Waals surface area contributed by atoms with Crippen molar-refractivity contribution in [1.82, 2.24) is 0 Å². The monoisotopic (exact) mass is 186 g/mol. The Kier molecular flexibility index (Phi) is 4.06. The van der Waals surface area contributed by atoms with Crippen LogP contribution in [0.5, 0.6) is 0 Å². The highest BCUT2D eigenvalue weighted by Crippen LogP contribution is 2.27. The van der Waals surface area contributed by atoms with Gasteiger partial charge < -0.3 is 9.47 Å². The molecule has 1 atom stereocenters. The van der Waals surface area contributed by atoms with Crippen molar-refractivity contribution in [3.63, 3.8) is 0 Å². The molecule has 0 aromatic rings. The number of rotatable bonds is 2. The zero-order chi connectivity index (χ0) is 9.68. The summed E-state index contributed by atoms with van der Waals surface area (Å²) in [5.41, 5.74) is 0. The first-order valence-electron chi connectivity index (χ1n) is 4.98. The van der Waals surface area contributed by atoms with Gasteiger partial charge in [-0.15, -0.1) is 0 Å². The van der Waals surface area contributed by atoms with Crippen LogP contribution < -0.4 is 0 Å². The Hall–Kier alpha value is -0.730. The standard InChI is InChI=1S/C10H18O3/c1-8(13-10(11)12-2)9-6-4-3-5-7-9/h8-9H,3-7H2,1-2H3. The second kappa shape index (κ2) is 5.10. The molecule has 13 heavy (non-hydrogen) atoms. The third-order valence-electron chi connectivity index (χ3n) is 2.76. The van der Waals surface area contributed by atoms with Crippen LogP contribution in [0.15, 0.2) is 0 Å². The van der Waals surface area contributed by atoms with Gasteiger partial charge in [0.1, 0.15) is 6.10 Å². The van der Waals surface area contributed by atoms with E-state index in [1.54, 1.807) is 0 Å². The lowest BCUT2D eigenvalue weighted by atomic mass is 9.86. The molecule has 3 heteroatoms. The van der Waals surface area contributed by atoms with Gasteiger partial charge in [-0.25, -0.2) is 4.79 Å². The molecule has 0 aliphatic heterocycles. The quantitative estimate of drug-likeness (QED) is 0.622. The number of hydrogen-bond donors (Lipinski definition) is 0. The fourth-order valence-electron chi connectivity index (χ4n) is 1.90. The van der Waals surface area contributed by atoms with Crippen LogP contribution in [-0.2, 0) is 9.47 Å². The molecule has 1 fully saturated rings. The minimum atomic E-state index is -0.557. The summed E-state index contributed by atoms with van der Waals surface area (Å²) in [7, 11) is 1.34. The fraction of sp³-hybridized carbons (Fsp3) is 0.900. The Morgan fingerprint density at radius 1 is 1.31 bits per heavy atom. The van der Waals surface area contributed by atoms with E-state index in [4.69, 9.17) is 4.74 Å². The van der Waals surface area contributed by atoms with Gasteiger partial charge in [0.05, 0.1) is 7.11 Å². The molecule has 1 rings (SSSR count). The van der Waals surface area contributed by atoms with Crippen molar-refractivity contribution < 1.29 is 14.3 Å². The molecule has 0 saturated heterocycles. The molecule has 0 radical (unpaired) electrons. The van der Waals surface area contributed by atoms with E-state index in [0.29, 0.717) is 5.92 Å². The van der Waals surface area contributed by atoms with Gasteiger partial charge in [0.15, 0.2) is 0 Å². The summed E-state index contributed by atoms with van der Waals surface area (Å²) in [6.45, 7) is 1.95. The van der Waals surface area contributed by atoms with Crippen LogP contribution in [0.1, 0.15) is 39.0 Å². The summed E-state index contributed by atoms with van der Waals surface area (Å²) in [4.78, 5) is 10.8. The van der Waals surface area contributed by atoms with Gasteiger partial charge >= 0.3 is 6.16 Å². The Labute approximate surface area is 79.4 Å². The van der Waals surface area contributed by atoms with Crippen LogP contribution >= 0.6 is 0 Å². The first kappa shape index (κ1) is 10.4. The van der Waals surface area contributed by atoms with Gasteiger partial charge in [-0.3, -0.25) is 0 Å². The second-order valence-corrected chi connectivity index (χ2v) is 3.68. The number of methoxy groups -OCH3 is 1. The lowest BCUT2D eigenvalue weighted by molar-refractivity contribution is 0.0133. The molecule has 0 amide bonds. The summed E-state index contributed by atoms with van der Waals surface area (Å²) in [5, 5.41) is 0. The Bertz CT molecular complexity index is 162. The summed E-state index contributed by atoms with van der Waals surface area (Å²) in [5.74, 6) is 0.535. The largest absolute Gasteiger partial charge is 0.508 e. The smallest absolute Gasteiger partial charge is 0.438 e. The van der Waals surface area contributed by atoms with Crippen molar-refractivity contribution >= 4 is 6.16 Å². The molecule has 0 aromatic carbocycles. The molecule has 0 aromatic heterocycles. The highest BCUT2D eigenvalue weighted by molar-refractivity contribution is 5.59. The number of carbonyl (C=O) groups is 1. The number of carbonyl (C=O) groups excluding carboxylic acids is 1. The van der Waals surface area contributed by atoms with Gasteiger partial charge in [0, 0.05) is 0 Å². The van der Waals surface area contributed by atoms with Crippen molar-refractivity contribution in [3.8, 4) is 0 Å². The first-order valence-corrected chi connectivity index (χ1v) is 4.98. The Morgan fingerprint density at radius 3 is 2.46 bits per heavy atom. The molecular weight excluding hydrogens is 168 g/mol. The van der Waals surface area contributed by atoms with Gasteiger partial charge in [0.2, 0.25) is 0 Å². The maximum Gasteiger partial charge on any atom is 0.508 e. The molecule has 0 heterocycles. The molecule has 1 aliphatic rings. The Balaban J connectivity index is 2.28. The lowest BCUT2D eigenvalue weighted by Crippen LogP contribution is -2.25. The minimum Gasteiger partial charge on any atom is -0.438 e. The van der Waals surface area contributed by atoms with Crippen molar-refractivity contribution in [1.29, 1.82) is 0 Å². The van der Waals surface area contributed by atoms with E-state index < -0.39 is 6.16 Å². The van der Waals surface area contributed by atoms with E-state index in [2.05, 4.69) is 4.74 Å². The van der Waals surface area contributed by atoms with Crippen LogP contribution in [0.4, 0.5) is 4.79 Å². The van der Waals surface area contributed by atoms with Crippen molar-refractivity contribution in [2.24, 2.45) is 5.92 Å². The Morgan fingerprint density at radius 2 is 1.92 bits per heavy atom. The third-order valence-corrected chi connectivity index (χ3v) is 2.76. The maximum absolute atomic E-state index is 10.8. The predicted molar refractivity (Wildman–Crippen MR) is 49.5 cm³/mol. The van der Waals surface area contributed by atoms with Crippen LogP contribution in [-0.4, -0.2) is 19.4 Å². The van der Waals surface area contributed by atoms with Crippen molar-refractivity contribution in [2.75, 3.05) is 7.11 Å². The van der Waals surface area contributed by atoms with Crippen LogP contribution in [0.25, 0.3) is 0 Å². The van der Waals surface area contributed by atoms with Gasteiger partial charge in [-0.1, -0.05) is 19.3 Å². The van der Waals surface area contributed by atoms with Crippen LogP contribution in [0.3, 0.4) is 0 Å². The molecule has 3 nitrogen and oxygen atoms in total. The third kappa shape index (κ3) is 3.25. The number of ether oxygens (including phenoxy) is 2. The summed E-state index contributed by atoms with van der Waals surface area (Å²) >= 11 is 0. The lowest BCUT2D eigenvalue weighted by Gasteiger charge is -2.26. The van der Waals surface area contributed by atoms with Crippen LogP contribution in [0, 0.1) is 5.92 Å². The van der Waals surface area contributed by atoms with Gasteiger partial charge in [-0.2, -0.15) is 0 Å². The SMILES string of the molecule is COC(=O)OC(C)C1CCCCC1. The van der Waals surface area contributed by atoms with E-state index in [1.165, 1.54) is 39.2 Å². The van der Waals surface area contributed by atoms with E-state index in [-0.39, 0.29) is 6.10 Å². The van der Waals surface area contributed by atoms with Gasteiger partial charge in [-0.05, 0) is 25.7 Å². The second-order valence-electron chi connectivity index (χ2n) is 3.68. The van der Waals surface area contributed by atoms with Crippen molar-refractivity contribution in [3.05, 3.63) is 0 Å². The molecule has 1 saturated carbocycles. The summed E-state index contributed by atoms with van der Waals surface area (Å²) in [6, 6.07) is 0. The minimum absolute atomic E-state index is 0.00718. The fourth-order valence-corrected chi connectivity index (χ4v) is 1.90. The summed E-state index contributed by atoms with van der Waals surface area (Å²) < 4.78 is 9.53. The molecule has 0 bridgehead atoms. The van der Waals surface area contributed by atoms with Gasteiger partial charge in [0.25, 0.3) is 0 Å². The molecular formula is C10H18O3. The highest BCUT2D eigenvalue weighted by Gasteiger charge is 2.23. The molecule has 76 valence electrons. The highest BCUT2D eigenvalue weighted by atomic mass is 16.7. The molecule has 1 unspecified atom stereocenters. The van der Waals surface area contributed by atoms with Crippen molar-refractivity contribution in [2.45, 2.75) is 45.1 Å². The van der Waals surface area contributed by atoms with Crippen LogP contribution in [0.2, 0.25) is 0 Å². The zero-order valence-electron chi connectivity index (χ0n) is 8.41. The topological polar surface area (TPSA) is 35.5 Å². The van der Waals surface area contributed by atoms with E-state index in [0.717, 1.165) is 0 Å². The normalized spacial score (nSPS) is 20.8. The van der Waals surface area contributed by atoms with E-state index in [1.807, 2.05) is 6.92 Å².